The second kappa shape index (κ2) is 3.24. The molecular formula is C13H14N2O3S. The van der Waals surface area contributed by atoms with Crippen molar-refractivity contribution >= 4 is 28.3 Å². The van der Waals surface area contributed by atoms with E-state index >= 15 is 0 Å². The normalized spacial score (nSPS) is 44.2. The number of aromatic nitrogens is 1. The van der Waals surface area contributed by atoms with Gasteiger partial charge < -0.3 is 4.74 Å². The molecule has 3 aliphatic heterocycles. The smallest absolute Gasteiger partial charge is 0.245 e. The van der Waals surface area contributed by atoms with E-state index in [0.717, 1.165) is 12.8 Å². The molecule has 6 heteroatoms. The number of fused-ring (bicyclic) bond motifs is 5. The average molecular weight is 278 g/mol. The molecule has 3 saturated heterocycles. The molecule has 0 aromatic carbocycles. The summed E-state index contributed by atoms with van der Waals surface area (Å²) in [4.78, 5) is 31.0. The number of amides is 2. The number of ether oxygens (including phenoxy) is 1. The van der Waals surface area contributed by atoms with E-state index < -0.39 is 10.8 Å². The summed E-state index contributed by atoms with van der Waals surface area (Å²) < 4.78 is 5.87. The molecule has 0 aliphatic carbocycles. The van der Waals surface area contributed by atoms with Crippen LogP contribution in [0.5, 0.6) is 0 Å². The molecule has 2 amide bonds. The molecule has 4 rings (SSSR count). The minimum Gasteiger partial charge on any atom is -0.373 e. The van der Waals surface area contributed by atoms with Gasteiger partial charge in [-0.05, 0) is 26.7 Å². The van der Waals surface area contributed by atoms with Crippen LogP contribution in [0.4, 0.5) is 5.13 Å². The van der Waals surface area contributed by atoms with Gasteiger partial charge in [0.15, 0.2) is 5.13 Å². The van der Waals surface area contributed by atoms with Gasteiger partial charge in [-0.2, -0.15) is 0 Å². The van der Waals surface area contributed by atoms with E-state index in [0.29, 0.717) is 5.13 Å². The number of carbonyl (C=O) groups excluding carboxylic acids is 2. The highest BCUT2D eigenvalue weighted by atomic mass is 32.1. The highest BCUT2D eigenvalue weighted by molar-refractivity contribution is 7.14. The largest absolute Gasteiger partial charge is 0.373 e. The zero-order valence-electron chi connectivity index (χ0n) is 10.8. The van der Waals surface area contributed by atoms with Crippen LogP contribution >= 0.6 is 11.3 Å². The molecule has 4 atom stereocenters. The van der Waals surface area contributed by atoms with E-state index in [1.54, 1.807) is 11.6 Å². The first kappa shape index (κ1) is 11.5. The standard InChI is InChI=1S/C13H14N2O3S/c1-12-7-3-4-8(18-7)13(12,2)10(17)15(9(12)16)11-14-5-6-19-11/h5-8H,3-4H2,1-2H3/t7-,8+,12+,13-. The van der Waals surface area contributed by atoms with Gasteiger partial charge in [0.05, 0.1) is 23.0 Å². The van der Waals surface area contributed by atoms with Gasteiger partial charge in [0.25, 0.3) is 0 Å². The molecule has 1 aromatic heterocycles. The number of hydrogen-bond donors (Lipinski definition) is 0. The number of hydrogen-bond acceptors (Lipinski definition) is 5. The monoisotopic (exact) mass is 278 g/mol. The van der Waals surface area contributed by atoms with Crippen LogP contribution in [0.15, 0.2) is 11.6 Å². The van der Waals surface area contributed by atoms with Crippen LogP contribution in [-0.2, 0) is 14.3 Å². The Morgan fingerprint density at radius 3 is 2.32 bits per heavy atom. The van der Waals surface area contributed by atoms with Gasteiger partial charge in [0.2, 0.25) is 11.8 Å². The lowest BCUT2D eigenvalue weighted by atomic mass is 9.59. The first-order valence-electron chi connectivity index (χ1n) is 6.45. The van der Waals surface area contributed by atoms with Crippen LogP contribution in [0.25, 0.3) is 0 Å². The number of rotatable bonds is 1. The molecule has 4 heterocycles. The van der Waals surface area contributed by atoms with E-state index in [2.05, 4.69) is 4.98 Å². The SMILES string of the molecule is C[C@@]12C(=O)N(c3nccs3)C(=O)[C@]1(C)[C@H]1CC[C@@H]2O1. The van der Waals surface area contributed by atoms with Crippen molar-refractivity contribution in [1.82, 2.24) is 4.98 Å². The molecule has 0 saturated carbocycles. The zero-order chi connectivity index (χ0) is 13.4. The highest BCUT2D eigenvalue weighted by Gasteiger charge is 2.77. The lowest BCUT2D eigenvalue weighted by Gasteiger charge is -2.36. The minimum atomic E-state index is -0.737. The number of carbonyl (C=O) groups is 2. The molecule has 5 nitrogen and oxygen atoms in total. The van der Waals surface area contributed by atoms with E-state index in [9.17, 15) is 9.59 Å². The van der Waals surface area contributed by atoms with Crippen LogP contribution in [-0.4, -0.2) is 29.0 Å². The number of nitrogens with zero attached hydrogens (tertiary/aromatic N) is 2. The number of thiazole rings is 1. The Balaban J connectivity index is 1.90. The number of imide groups is 1. The summed E-state index contributed by atoms with van der Waals surface area (Å²) in [6.07, 6.45) is 3.07. The topological polar surface area (TPSA) is 59.5 Å². The third-order valence-electron chi connectivity index (χ3n) is 5.29. The molecule has 100 valence electrons. The third kappa shape index (κ3) is 1.02. The Morgan fingerprint density at radius 2 is 1.84 bits per heavy atom. The molecule has 2 bridgehead atoms. The first-order valence-corrected chi connectivity index (χ1v) is 7.33. The Labute approximate surface area is 114 Å². The van der Waals surface area contributed by atoms with Gasteiger partial charge >= 0.3 is 0 Å². The van der Waals surface area contributed by atoms with Crippen molar-refractivity contribution in [3.63, 3.8) is 0 Å². The lowest BCUT2D eigenvalue weighted by Crippen LogP contribution is -2.48. The predicted molar refractivity (Wildman–Crippen MR) is 68.7 cm³/mol. The molecule has 3 fully saturated rings. The fourth-order valence-electron chi connectivity index (χ4n) is 3.93. The van der Waals surface area contributed by atoms with Crippen LogP contribution in [0, 0.1) is 10.8 Å². The van der Waals surface area contributed by atoms with E-state index in [1.807, 2.05) is 13.8 Å². The fourth-order valence-corrected chi connectivity index (χ4v) is 4.57. The summed E-state index contributed by atoms with van der Waals surface area (Å²) >= 11 is 1.32. The maximum Gasteiger partial charge on any atom is 0.245 e. The van der Waals surface area contributed by atoms with E-state index in [-0.39, 0.29) is 24.0 Å². The molecule has 0 spiro atoms. The van der Waals surface area contributed by atoms with Gasteiger partial charge in [-0.15, -0.1) is 11.3 Å². The Bertz CT molecular complexity index is 553. The Kier molecular flexibility index (Phi) is 1.97. The quantitative estimate of drug-likeness (QED) is 0.732. The summed E-state index contributed by atoms with van der Waals surface area (Å²) in [6.45, 7) is 3.76. The summed E-state index contributed by atoms with van der Waals surface area (Å²) in [5, 5.41) is 2.26. The third-order valence-corrected chi connectivity index (χ3v) is 6.05. The van der Waals surface area contributed by atoms with Gasteiger partial charge in [-0.1, -0.05) is 0 Å². The molecule has 0 radical (unpaired) electrons. The van der Waals surface area contributed by atoms with Crippen molar-refractivity contribution in [2.45, 2.75) is 38.9 Å². The van der Waals surface area contributed by atoms with Crippen molar-refractivity contribution in [3.05, 3.63) is 11.6 Å². The van der Waals surface area contributed by atoms with Crippen molar-refractivity contribution in [2.24, 2.45) is 10.8 Å². The van der Waals surface area contributed by atoms with Crippen molar-refractivity contribution in [2.75, 3.05) is 4.90 Å². The summed E-state index contributed by atoms with van der Waals surface area (Å²) in [6, 6.07) is 0. The van der Waals surface area contributed by atoms with Crippen LogP contribution < -0.4 is 4.90 Å². The lowest BCUT2D eigenvalue weighted by molar-refractivity contribution is -0.132. The molecule has 0 unspecified atom stereocenters. The maximum atomic E-state index is 12.8. The van der Waals surface area contributed by atoms with Crippen molar-refractivity contribution in [1.29, 1.82) is 0 Å². The molecular weight excluding hydrogens is 264 g/mol. The summed E-state index contributed by atoms with van der Waals surface area (Å²) in [5.74, 6) is -0.302. The van der Waals surface area contributed by atoms with Crippen LogP contribution in [0.1, 0.15) is 26.7 Å². The van der Waals surface area contributed by atoms with Gasteiger partial charge in [0, 0.05) is 11.6 Å². The van der Waals surface area contributed by atoms with E-state index in [4.69, 9.17) is 4.74 Å². The van der Waals surface area contributed by atoms with Crippen molar-refractivity contribution < 1.29 is 14.3 Å². The first-order chi connectivity index (χ1) is 9.01. The fraction of sp³-hybridized carbons (Fsp3) is 0.615. The van der Waals surface area contributed by atoms with Gasteiger partial charge in [0.1, 0.15) is 0 Å². The molecule has 3 aliphatic rings. The highest BCUT2D eigenvalue weighted by Crippen LogP contribution is 2.64. The molecule has 1 aromatic rings. The summed E-state index contributed by atoms with van der Waals surface area (Å²) in [7, 11) is 0. The second-order valence-corrected chi connectivity index (χ2v) is 6.73. The van der Waals surface area contributed by atoms with Crippen LogP contribution in [0.2, 0.25) is 0 Å². The van der Waals surface area contributed by atoms with Crippen LogP contribution in [0.3, 0.4) is 0 Å². The summed E-state index contributed by atoms with van der Waals surface area (Å²) in [5.41, 5.74) is -1.47. The van der Waals surface area contributed by atoms with E-state index in [1.165, 1.54) is 16.2 Å². The van der Waals surface area contributed by atoms with Gasteiger partial charge in [-0.3, -0.25) is 9.59 Å². The molecule has 0 N–H and O–H groups in total. The van der Waals surface area contributed by atoms with Gasteiger partial charge in [-0.25, -0.2) is 9.88 Å². The minimum absolute atomic E-state index is 0.135. The number of anilines is 1. The Hall–Kier alpha value is -1.27. The zero-order valence-corrected chi connectivity index (χ0v) is 11.6. The Morgan fingerprint density at radius 1 is 1.26 bits per heavy atom. The molecule has 19 heavy (non-hydrogen) atoms. The van der Waals surface area contributed by atoms with Crippen molar-refractivity contribution in [3.8, 4) is 0 Å². The predicted octanol–water partition coefficient (Wildman–Crippen LogP) is 1.59. The average Bonchev–Trinajstić information content (AvgIpc) is 3.11. The second-order valence-electron chi connectivity index (χ2n) is 5.86. The maximum absolute atomic E-state index is 12.8.